The minimum absolute atomic E-state index is 0.0465. The Morgan fingerprint density at radius 1 is 1.39 bits per heavy atom. The number of carbonyl (C=O) groups is 1. The molecule has 23 heavy (non-hydrogen) atoms. The number of rotatable bonds is 4. The van der Waals surface area contributed by atoms with Crippen LogP contribution in [0.3, 0.4) is 0 Å². The maximum absolute atomic E-state index is 12.8. The van der Waals surface area contributed by atoms with Gasteiger partial charge in [-0.2, -0.15) is 5.10 Å². The van der Waals surface area contributed by atoms with E-state index in [4.69, 9.17) is 4.74 Å². The number of para-hydroxylation sites is 1. The molecule has 5 nitrogen and oxygen atoms in total. The minimum atomic E-state index is 0.0465. The van der Waals surface area contributed by atoms with Crippen LogP contribution in [0.2, 0.25) is 0 Å². The first-order valence-electron chi connectivity index (χ1n) is 8.24. The van der Waals surface area contributed by atoms with E-state index in [1.807, 2.05) is 35.2 Å². The molecule has 1 fully saturated rings. The van der Waals surface area contributed by atoms with Crippen LogP contribution in [0, 0.1) is 0 Å². The van der Waals surface area contributed by atoms with Crippen molar-refractivity contribution in [1.29, 1.82) is 0 Å². The van der Waals surface area contributed by atoms with Gasteiger partial charge in [0.2, 0.25) is 0 Å². The second-order valence-corrected chi connectivity index (χ2v) is 5.92. The summed E-state index contributed by atoms with van der Waals surface area (Å²) in [5.41, 5.74) is 2.16. The van der Waals surface area contributed by atoms with Gasteiger partial charge in [0.15, 0.2) is 0 Å². The number of methoxy groups -OCH3 is 1. The number of ether oxygens (including phenoxy) is 1. The van der Waals surface area contributed by atoms with Gasteiger partial charge < -0.3 is 9.64 Å². The van der Waals surface area contributed by atoms with Crippen molar-refractivity contribution in [2.45, 2.75) is 38.6 Å². The van der Waals surface area contributed by atoms with Crippen LogP contribution in [0.1, 0.15) is 43.1 Å². The van der Waals surface area contributed by atoms with Crippen LogP contribution in [-0.4, -0.2) is 40.7 Å². The number of benzene rings is 1. The Hall–Kier alpha value is -2.30. The molecule has 1 aliphatic rings. The van der Waals surface area contributed by atoms with Gasteiger partial charge in [-0.15, -0.1) is 0 Å². The Labute approximate surface area is 136 Å². The molecule has 0 bridgehead atoms. The number of hydrogen-bond acceptors (Lipinski definition) is 3. The zero-order valence-electron chi connectivity index (χ0n) is 13.7. The summed E-state index contributed by atoms with van der Waals surface area (Å²) in [6.07, 6.45) is 4.38. The van der Waals surface area contributed by atoms with Crippen molar-refractivity contribution in [3.05, 3.63) is 36.0 Å². The van der Waals surface area contributed by atoms with Gasteiger partial charge in [0, 0.05) is 18.2 Å². The number of likely N-dealkylation sites (tertiary alicyclic amines) is 1. The lowest BCUT2D eigenvalue weighted by Gasteiger charge is -2.34. The lowest BCUT2D eigenvalue weighted by Crippen LogP contribution is -2.43. The molecule has 1 aliphatic heterocycles. The predicted octanol–water partition coefficient (Wildman–Crippen LogP) is 3.49. The van der Waals surface area contributed by atoms with Gasteiger partial charge >= 0.3 is 0 Å². The highest BCUT2D eigenvalue weighted by atomic mass is 16.5. The molecule has 1 unspecified atom stereocenters. The van der Waals surface area contributed by atoms with Gasteiger partial charge in [0.25, 0.3) is 5.91 Å². The molecule has 3 rings (SSSR count). The maximum Gasteiger partial charge on any atom is 0.272 e. The molecule has 0 saturated carbocycles. The molecule has 1 saturated heterocycles. The van der Waals surface area contributed by atoms with E-state index in [1.54, 1.807) is 7.11 Å². The van der Waals surface area contributed by atoms with Gasteiger partial charge in [-0.1, -0.05) is 19.1 Å². The van der Waals surface area contributed by atoms with Crippen LogP contribution in [0.15, 0.2) is 30.3 Å². The van der Waals surface area contributed by atoms with Crippen molar-refractivity contribution < 1.29 is 9.53 Å². The van der Waals surface area contributed by atoms with E-state index in [1.165, 1.54) is 6.42 Å². The number of H-pyrrole nitrogens is 1. The third-order valence-electron chi connectivity index (χ3n) is 4.55. The Morgan fingerprint density at radius 3 is 3.00 bits per heavy atom. The van der Waals surface area contributed by atoms with Crippen LogP contribution in [0.25, 0.3) is 11.3 Å². The maximum atomic E-state index is 12.8. The molecule has 1 atom stereocenters. The van der Waals surface area contributed by atoms with Crippen LogP contribution < -0.4 is 4.74 Å². The molecule has 122 valence electrons. The summed E-state index contributed by atoms with van der Waals surface area (Å²) in [5, 5.41) is 7.21. The summed E-state index contributed by atoms with van der Waals surface area (Å²) in [4.78, 5) is 14.8. The van der Waals surface area contributed by atoms with Crippen molar-refractivity contribution in [3.8, 4) is 17.0 Å². The lowest BCUT2D eigenvalue weighted by molar-refractivity contribution is 0.0602. The van der Waals surface area contributed by atoms with E-state index >= 15 is 0 Å². The monoisotopic (exact) mass is 313 g/mol. The number of hydrogen-bond donors (Lipinski definition) is 1. The molecule has 1 aromatic carbocycles. The molecule has 1 aromatic heterocycles. The van der Waals surface area contributed by atoms with E-state index in [0.717, 1.165) is 42.8 Å². The standard InChI is InChI=1S/C18H23N3O2/c1-3-13-8-6-7-11-21(13)18(22)16-12-15(19-20-16)14-9-4-5-10-17(14)23-2/h4-5,9-10,12-13H,3,6-8,11H2,1-2H3,(H,19,20). The fourth-order valence-corrected chi connectivity index (χ4v) is 3.27. The smallest absolute Gasteiger partial charge is 0.272 e. The first kappa shape index (κ1) is 15.6. The first-order chi connectivity index (χ1) is 11.2. The van der Waals surface area contributed by atoms with Crippen molar-refractivity contribution in [1.82, 2.24) is 15.1 Å². The molecule has 0 radical (unpaired) electrons. The number of nitrogens with zero attached hydrogens (tertiary/aromatic N) is 2. The average molecular weight is 313 g/mol. The van der Waals surface area contributed by atoms with Crippen molar-refractivity contribution >= 4 is 5.91 Å². The second-order valence-electron chi connectivity index (χ2n) is 5.92. The number of amides is 1. The molecule has 1 N–H and O–H groups in total. The highest BCUT2D eigenvalue weighted by Crippen LogP contribution is 2.29. The normalized spacial score (nSPS) is 18.0. The summed E-state index contributed by atoms with van der Waals surface area (Å²) in [7, 11) is 1.64. The summed E-state index contributed by atoms with van der Waals surface area (Å²) in [6.45, 7) is 2.98. The second kappa shape index (κ2) is 6.86. The zero-order valence-corrected chi connectivity index (χ0v) is 13.7. The zero-order chi connectivity index (χ0) is 16.2. The Kier molecular flexibility index (Phi) is 4.65. The number of aromatic amines is 1. The van der Waals surface area contributed by atoms with Gasteiger partial charge in [-0.05, 0) is 43.9 Å². The summed E-state index contributed by atoms with van der Waals surface area (Å²) in [6, 6.07) is 9.85. The summed E-state index contributed by atoms with van der Waals surface area (Å²) < 4.78 is 5.37. The number of carbonyl (C=O) groups excluding carboxylic acids is 1. The quantitative estimate of drug-likeness (QED) is 0.940. The van der Waals surface area contributed by atoms with Gasteiger partial charge in [-0.3, -0.25) is 9.89 Å². The highest BCUT2D eigenvalue weighted by molar-refractivity contribution is 5.93. The summed E-state index contributed by atoms with van der Waals surface area (Å²) in [5.74, 6) is 0.799. The molecule has 2 heterocycles. The molecule has 2 aromatic rings. The van der Waals surface area contributed by atoms with E-state index in [0.29, 0.717) is 11.7 Å². The predicted molar refractivity (Wildman–Crippen MR) is 89.5 cm³/mol. The molecular weight excluding hydrogens is 290 g/mol. The third-order valence-corrected chi connectivity index (χ3v) is 4.55. The van der Waals surface area contributed by atoms with Crippen molar-refractivity contribution in [3.63, 3.8) is 0 Å². The first-order valence-corrected chi connectivity index (χ1v) is 8.24. The Morgan fingerprint density at radius 2 is 2.22 bits per heavy atom. The molecule has 0 aliphatic carbocycles. The van der Waals surface area contributed by atoms with Crippen LogP contribution >= 0.6 is 0 Å². The van der Waals surface area contributed by atoms with E-state index in [9.17, 15) is 4.79 Å². The molecular formula is C18H23N3O2. The molecule has 0 spiro atoms. The highest BCUT2D eigenvalue weighted by Gasteiger charge is 2.27. The fraction of sp³-hybridized carbons (Fsp3) is 0.444. The lowest BCUT2D eigenvalue weighted by atomic mass is 9.99. The summed E-state index contributed by atoms with van der Waals surface area (Å²) >= 11 is 0. The Bertz CT molecular complexity index is 680. The SMILES string of the molecule is CCC1CCCCN1C(=O)c1cc(-c2ccccc2OC)n[nH]1. The Balaban J connectivity index is 1.85. The van der Waals surface area contributed by atoms with Gasteiger partial charge in [-0.25, -0.2) is 0 Å². The minimum Gasteiger partial charge on any atom is -0.496 e. The number of piperidine rings is 1. The number of aromatic nitrogens is 2. The fourth-order valence-electron chi connectivity index (χ4n) is 3.27. The topological polar surface area (TPSA) is 58.2 Å². The van der Waals surface area contributed by atoms with Crippen LogP contribution in [-0.2, 0) is 0 Å². The van der Waals surface area contributed by atoms with Crippen LogP contribution in [0.5, 0.6) is 5.75 Å². The average Bonchev–Trinajstić information content (AvgIpc) is 3.11. The molecule has 1 amide bonds. The van der Waals surface area contributed by atoms with Gasteiger partial charge in [0.05, 0.1) is 12.8 Å². The van der Waals surface area contributed by atoms with E-state index in [2.05, 4.69) is 17.1 Å². The number of nitrogens with one attached hydrogen (secondary N) is 1. The van der Waals surface area contributed by atoms with E-state index in [-0.39, 0.29) is 5.91 Å². The van der Waals surface area contributed by atoms with E-state index < -0.39 is 0 Å². The van der Waals surface area contributed by atoms with Crippen molar-refractivity contribution in [2.24, 2.45) is 0 Å². The van der Waals surface area contributed by atoms with Gasteiger partial charge in [0.1, 0.15) is 11.4 Å². The molecule has 5 heteroatoms. The van der Waals surface area contributed by atoms with Crippen LogP contribution in [0.4, 0.5) is 0 Å². The van der Waals surface area contributed by atoms with Crippen molar-refractivity contribution in [2.75, 3.05) is 13.7 Å². The largest absolute Gasteiger partial charge is 0.496 e. The third kappa shape index (κ3) is 3.09.